The molecule has 0 fully saturated rings. The minimum atomic E-state index is -0.0213. The fourth-order valence-corrected chi connectivity index (χ4v) is 3.88. The Labute approximate surface area is 152 Å². The molecule has 1 heterocycles. The molecule has 1 aromatic heterocycles. The average Bonchev–Trinajstić information content (AvgIpc) is 2.86. The zero-order valence-electron chi connectivity index (χ0n) is 14.1. The maximum absolute atomic E-state index is 12.0. The van der Waals surface area contributed by atoms with Gasteiger partial charge in [0.25, 0.3) is 0 Å². The Morgan fingerprint density at radius 2 is 2.00 bits per heavy atom. The molecule has 0 aliphatic heterocycles. The van der Waals surface area contributed by atoms with Gasteiger partial charge in [0.15, 0.2) is 0 Å². The van der Waals surface area contributed by atoms with E-state index in [0.29, 0.717) is 17.7 Å². The molecule has 1 N–H and O–H groups in total. The molecule has 4 nitrogen and oxygen atoms in total. The van der Waals surface area contributed by atoms with Crippen LogP contribution in [0.1, 0.15) is 42.5 Å². The van der Waals surface area contributed by atoms with E-state index in [-0.39, 0.29) is 5.91 Å². The van der Waals surface area contributed by atoms with E-state index in [4.69, 9.17) is 4.98 Å². The number of fused-ring (bicyclic) bond motifs is 1. The number of carbonyl (C=O) groups excluding carboxylic acids is 1. The number of para-hydroxylation sites is 1. The minimum Gasteiger partial charge on any atom is -0.326 e. The van der Waals surface area contributed by atoms with Gasteiger partial charge in [0.1, 0.15) is 11.1 Å². The summed E-state index contributed by atoms with van der Waals surface area (Å²) >= 11 is 1.50. The second-order valence-corrected chi connectivity index (χ2v) is 7.22. The number of carbonyl (C=O) groups is 1. The average molecular weight is 351 g/mol. The lowest BCUT2D eigenvalue weighted by Crippen LogP contribution is -2.12. The van der Waals surface area contributed by atoms with Crippen LogP contribution in [0.5, 0.6) is 0 Å². The first kappa shape index (κ1) is 17.5. The molecule has 0 bridgehead atoms. The number of pyridine rings is 1. The van der Waals surface area contributed by atoms with Crippen molar-refractivity contribution in [2.24, 2.45) is 0 Å². The fourth-order valence-electron chi connectivity index (χ4n) is 2.97. The first-order chi connectivity index (χ1) is 12.3. The zero-order chi connectivity index (χ0) is 17.5. The van der Waals surface area contributed by atoms with Gasteiger partial charge in [0, 0.05) is 23.6 Å². The highest BCUT2D eigenvalue weighted by atomic mass is 32.2. The molecule has 5 heteroatoms. The normalized spacial score (nSPS) is 13.4. The van der Waals surface area contributed by atoms with Gasteiger partial charge in [-0.3, -0.25) is 4.79 Å². The number of benzene rings is 1. The lowest BCUT2D eigenvalue weighted by molar-refractivity contribution is -0.115. The van der Waals surface area contributed by atoms with Crippen LogP contribution in [0.15, 0.2) is 41.4 Å². The van der Waals surface area contributed by atoms with Gasteiger partial charge >= 0.3 is 0 Å². The first-order valence-corrected chi connectivity index (χ1v) is 9.65. The first-order valence-electron chi connectivity index (χ1n) is 8.67. The quantitative estimate of drug-likeness (QED) is 0.643. The predicted octanol–water partition coefficient (Wildman–Crippen LogP) is 4.34. The Morgan fingerprint density at radius 3 is 2.80 bits per heavy atom. The van der Waals surface area contributed by atoms with Gasteiger partial charge in [0.05, 0.1) is 5.56 Å². The van der Waals surface area contributed by atoms with E-state index in [9.17, 15) is 10.1 Å². The van der Waals surface area contributed by atoms with Crippen molar-refractivity contribution in [2.75, 3.05) is 11.1 Å². The predicted molar refractivity (Wildman–Crippen MR) is 101 cm³/mol. The molecule has 0 spiro atoms. The molecule has 1 aliphatic rings. The van der Waals surface area contributed by atoms with Crippen LogP contribution in [-0.4, -0.2) is 16.6 Å². The number of aromatic nitrogens is 1. The molecule has 25 heavy (non-hydrogen) atoms. The van der Waals surface area contributed by atoms with Crippen LogP contribution in [0.25, 0.3) is 0 Å². The third-order valence-electron chi connectivity index (χ3n) is 4.26. The lowest BCUT2D eigenvalue weighted by atomic mass is 10.1. The van der Waals surface area contributed by atoms with Gasteiger partial charge in [-0.05, 0) is 49.4 Å². The van der Waals surface area contributed by atoms with Gasteiger partial charge in [-0.15, -0.1) is 11.8 Å². The van der Waals surface area contributed by atoms with E-state index in [1.54, 1.807) is 0 Å². The number of rotatable bonds is 5. The standard InChI is InChI=1S/C20H21N3OS/c21-14-16-13-15-7-3-1-6-10-18(15)23-20(16)25-12-11-19(24)22-17-8-4-2-5-9-17/h2,4-5,8-9,13H,1,3,6-7,10-12H2,(H,22,24). The molecular formula is C20H21N3OS. The maximum atomic E-state index is 12.0. The largest absolute Gasteiger partial charge is 0.326 e. The van der Waals surface area contributed by atoms with E-state index in [1.165, 1.54) is 30.2 Å². The van der Waals surface area contributed by atoms with Crippen molar-refractivity contribution in [1.82, 2.24) is 4.98 Å². The number of nitriles is 1. The summed E-state index contributed by atoms with van der Waals surface area (Å²) in [5.74, 6) is 0.589. The summed E-state index contributed by atoms with van der Waals surface area (Å²) in [4.78, 5) is 16.8. The molecule has 2 aromatic rings. The minimum absolute atomic E-state index is 0.0213. The van der Waals surface area contributed by atoms with Gasteiger partial charge < -0.3 is 5.32 Å². The highest BCUT2D eigenvalue weighted by molar-refractivity contribution is 7.99. The Hall–Kier alpha value is -2.32. The van der Waals surface area contributed by atoms with E-state index in [0.717, 1.165) is 35.7 Å². The summed E-state index contributed by atoms with van der Waals surface area (Å²) in [7, 11) is 0. The highest BCUT2D eigenvalue weighted by Gasteiger charge is 2.15. The van der Waals surface area contributed by atoms with Crippen LogP contribution < -0.4 is 5.32 Å². The summed E-state index contributed by atoms with van der Waals surface area (Å²) < 4.78 is 0. The number of hydrogen-bond acceptors (Lipinski definition) is 4. The van der Waals surface area contributed by atoms with Crippen LogP contribution in [0, 0.1) is 11.3 Å². The van der Waals surface area contributed by atoms with Gasteiger partial charge in [-0.2, -0.15) is 5.26 Å². The topological polar surface area (TPSA) is 65.8 Å². The van der Waals surface area contributed by atoms with Gasteiger partial charge in [-0.25, -0.2) is 4.98 Å². The number of hydrogen-bond donors (Lipinski definition) is 1. The molecular weight excluding hydrogens is 330 g/mol. The van der Waals surface area contributed by atoms with Crippen molar-refractivity contribution in [3.63, 3.8) is 0 Å². The molecule has 1 amide bonds. The molecule has 0 radical (unpaired) electrons. The van der Waals surface area contributed by atoms with Crippen LogP contribution in [0.3, 0.4) is 0 Å². The van der Waals surface area contributed by atoms with Crippen LogP contribution in [-0.2, 0) is 17.6 Å². The number of anilines is 1. The van der Waals surface area contributed by atoms with Crippen molar-refractivity contribution >= 4 is 23.4 Å². The SMILES string of the molecule is N#Cc1cc2c(nc1SCCC(=O)Nc1ccccc1)CCCCC2. The number of thioether (sulfide) groups is 1. The molecule has 128 valence electrons. The molecule has 3 rings (SSSR count). The van der Waals surface area contributed by atoms with Gasteiger partial charge in [0.2, 0.25) is 5.91 Å². The third-order valence-corrected chi connectivity index (χ3v) is 5.25. The van der Waals surface area contributed by atoms with Crippen molar-refractivity contribution in [3.05, 3.63) is 53.2 Å². The molecule has 0 saturated heterocycles. The summed E-state index contributed by atoms with van der Waals surface area (Å²) in [5, 5.41) is 13.0. The molecule has 1 aliphatic carbocycles. The summed E-state index contributed by atoms with van der Waals surface area (Å²) in [5.41, 5.74) is 3.79. The second-order valence-electron chi connectivity index (χ2n) is 6.13. The van der Waals surface area contributed by atoms with Crippen molar-refractivity contribution < 1.29 is 4.79 Å². The smallest absolute Gasteiger partial charge is 0.225 e. The maximum Gasteiger partial charge on any atom is 0.225 e. The fraction of sp³-hybridized carbons (Fsp3) is 0.350. The van der Waals surface area contributed by atoms with Crippen LogP contribution in [0.2, 0.25) is 0 Å². The van der Waals surface area contributed by atoms with E-state index in [1.807, 2.05) is 36.4 Å². The van der Waals surface area contributed by atoms with E-state index >= 15 is 0 Å². The van der Waals surface area contributed by atoms with Crippen LogP contribution in [0.4, 0.5) is 5.69 Å². The Bertz CT molecular complexity index is 784. The van der Waals surface area contributed by atoms with Crippen molar-refractivity contribution in [1.29, 1.82) is 5.26 Å². The van der Waals surface area contributed by atoms with Crippen LogP contribution >= 0.6 is 11.8 Å². The highest BCUT2D eigenvalue weighted by Crippen LogP contribution is 2.27. The molecule has 0 saturated carbocycles. The van der Waals surface area contributed by atoms with Crippen molar-refractivity contribution in [3.8, 4) is 6.07 Å². The second kappa shape index (κ2) is 8.68. The third kappa shape index (κ3) is 4.83. The number of nitrogens with zero attached hydrogens (tertiary/aromatic N) is 2. The summed E-state index contributed by atoms with van der Waals surface area (Å²) in [6, 6.07) is 13.7. The molecule has 0 atom stereocenters. The monoisotopic (exact) mass is 351 g/mol. The number of aryl methyl sites for hydroxylation is 2. The zero-order valence-corrected chi connectivity index (χ0v) is 14.9. The number of amides is 1. The number of nitrogens with one attached hydrogen (secondary N) is 1. The molecule has 1 aromatic carbocycles. The lowest BCUT2D eigenvalue weighted by Gasteiger charge is -2.10. The summed E-state index contributed by atoms with van der Waals surface area (Å²) in [6.45, 7) is 0. The summed E-state index contributed by atoms with van der Waals surface area (Å²) in [6.07, 6.45) is 5.95. The van der Waals surface area contributed by atoms with E-state index in [2.05, 4.69) is 11.4 Å². The van der Waals surface area contributed by atoms with Crippen molar-refractivity contribution in [2.45, 2.75) is 43.6 Å². The Morgan fingerprint density at radius 1 is 1.20 bits per heavy atom. The van der Waals surface area contributed by atoms with E-state index < -0.39 is 0 Å². The Kier molecular flexibility index (Phi) is 6.08. The van der Waals surface area contributed by atoms with Gasteiger partial charge in [-0.1, -0.05) is 24.6 Å². The Balaban J connectivity index is 1.60. The molecule has 0 unspecified atom stereocenters.